The summed E-state index contributed by atoms with van der Waals surface area (Å²) in [5.74, 6) is 0. The maximum absolute atomic E-state index is 12.9. The molecule has 0 radical (unpaired) electrons. The Morgan fingerprint density at radius 3 is 2.29 bits per heavy atom. The molecule has 1 aliphatic heterocycles. The highest BCUT2D eigenvalue weighted by Crippen LogP contribution is 2.28. The van der Waals surface area contributed by atoms with Crippen LogP contribution in [0.2, 0.25) is 0 Å². The van der Waals surface area contributed by atoms with E-state index < -0.39 is 10.0 Å². The number of benzene rings is 2. The van der Waals surface area contributed by atoms with Gasteiger partial charge in [0.25, 0.3) is 10.0 Å². The monoisotopic (exact) mass is 399 g/mol. The number of sulfonamides is 1. The third-order valence-corrected chi connectivity index (χ3v) is 6.80. The SMILES string of the molecule is O=C(Nc1ccccc1NS(=O)(=O)c1ccc2c(c1)CCCC2)N1CCCC1. The van der Waals surface area contributed by atoms with Gasteiger partial charge in [-0.1, -0.05) is 18.2 Å². The van der Waals surface area contributed by atoms with Crippen LogP contribution < -0.4 is 10.0 Å². The van der Waals surface area contributed by atoms with Crippen LogP contribution >= 0.6 is 0 Å². The number of hydrogen-bond acceptors (Lipinski definition) is 3. The number of anilines is 2. The molecule has 1 aliphatic carbocycles. The Kier molecular flexibility index (Phi) is 5.26. The van der Waals surface area contributed by atoms with Crippen molar-refractivity contribution in [3.8, 4) is 0 Å². The average Bonchev–Trinajstić information content (AvgIpc) is 3.24. The first-order valence-corrected chi connectivity index (χ1v) is 11.3. The van der Waals surface area contributed by atoms with E-state index in [0.29, 0.717) is 11.4 Å². The summed E-state index contributed by atoms with van der Waals surface area (Å²) in [5.41, 5.74) is 3.18. The van der Waals surface area contributed by atoms with E-state index in [1.54, 1.807) is 41.3 Å². The first-order valence-electron chi connectivity index (χ1n) is 9.82. The highest BCUT2D eigenvalue weighted by molar-refractivity contribution is 7.92. The van der Waals surface area contributed by atoms with Crippen LogP contribution in [0.3, 0.4) is 0 Å². The Morgan fingerprint density at radius 2 is 1.54 bits per heavy atom. The number of urea groups is 1. The molecule has 2 amide bonds. The van der Waals surface area contributed by atoms with Crippen LogP contribution in [0.15, 0.2) is 47.4 Å². The fourth-order valence-electron chi connectivity index (χ4n) is 3.88. The second-order valence-corrected chi connectivity index (χ2v) is 9.10. The van der Waals surface area contributed by atoms with Crippen molar-refractivity contribution in [3.05, 3.63) is 53.6 Å². The number of likely N-dealkylation sites (tertiary alicyclic amines) is 1. The zero-order chi connectivity index (χ0) is 19.6. The Bertz CT molecular complexity index is 982. The number of nitrogens with one attached hydrogen (secondary N) is 2. The van der Waals surface area contributed by atoms with Crippen molar-refractivity contribution in [2.24, 2.45) is 0 Å². The van der Waals surface area contributed by atoms with E-state index in [9.17, 15) is 13.2 Å². The van der Waals surface area contributed by atoms with Gasteiger partial charge >= 0.3 is 6.03 Å². The summed E-state index contributed by atoms with van der Waals surface area (Å²) >= 11 is 0. The number of rotatable bonds is 4. The van der Waals surface area contributed by atoms with Crippen molar-refractivity contribution in [3.63, 3.8) is 0 Å². The van der Waals surface area contributed by atoms with Gasteiger partial charge in [0.15, 0.2) is 0 Å². The quantitative estimate of drug-likeness (QED) is 0.816. The van der Waals surface area contributed by atoms with Crippen molar-refractivity contribution in [1.82, 2.24) is 4.90 Å². The summed E-state index contributed by atoms with van der Waals surface area (Å²) in [6, 6.07) is 12.1. The number of hydrogen-bond donors (Lipinski definition) is 2. The minimum absolute atomic E-state index is 0.196. The molecule has 2 aliphatic rings. The van der Waals surface area contributed by atoms with Crippen LogP contribution in [0.25, 0.3) is 0 Å². The molecule has 6 nitrogen and oxygen atoms in total. The number of nitrogens with zero attached hydrogens (tertiary/aromatic N) is 1. The minimum atomic E-state index is -3.74. The molecule has 0 saturated carbocycles. The molecule has 0 spiro atoms. The van der Waals surface area contributed by atoms with Crippen LogP contribution in [0.5, 0.6) is 0 Å². The van der Waals surface area contributed by atoms with Crippen LogP contribution in [-0.4, -0.2) is 32.4 Å². The van der Waals surface area contributed by atoms with Crippen molar-refractivity contribution >= 4 is 27.4 Å². The van der Waals surface area contributed by atoms with Crippen molar-refractivity contribution < 1.29 is 13.2 Å². The molecule has 28 heavy (non-hydrogen) atoms. The van der Waals surface area contributed by atoms with Crippen molar-refractivity contribution in [1.29, 1.82) is 0 Å². The largest absolute Gasteiger partial charge is 0.325 e. The van der Waals surface area contributed by atoms with Crippen LogP contribution in [0, 0.1) is 0 Å². The Hall–Kier alpha value is -2.54. The molecule has 7 heteroatoms. The first kappa shape index (κ1) is 18.8. The molecule has 2 N–H and O–H groups in total. The first-order chi connectivity index (χ1) is 13.5. The lowest BCUT2D eigenvalue weighted by Gasteiger charge is -2.19. The second kappa shape index (κ2) is 7.83. The highest BCUT2D eigenvalue weighted by atomic mass is 32.2. The van der Waals surface area contributed by atoms with Crippen molar-refractivity contribution in [2.45, 2.75) is 43.4 Å². The lowest BCUT2D eigenvalue weighted by molar-refractivity contribution is 0.222. The van der Waals surface area contributed by atoms with Crippen LogP contribution in [-0.2, 0) is 22.9 Å². The molecular formula is C21H25N3O3S. The van der Waals surface area contributed by atoms with Gasteiger partial charge < -0.3 is 10.2 Å². The Labute approximate surface area is 166 Å². The fraction of sp³-hybridized carbons (Fsp3) is 0.381. The molecule has 4 rings (SSSR count). The molecule has 2 aromatic carbocycles. The van der Waals surface area contributed by atoms with E-state index >= 15 is 0 Å². The standard InChI is InChI=1S/C21H25N3O3S/c25-21(24-13-5-6-14-24)22-19-9-3-4-10-20(19)23-28(26,27)18-12-11-16-7-1-2-8-17(16)15-18/h3-4,9-12,15,23H,1-2,5-8,13-14H2,(H,22,25). The van der Waals surface area contributed by atoms with Gasteiger partial charge in [-0.25, -0.2) is 13.2 Å². The van der Waals surface area contributed by atoms with Gasteiger partial charge in [0.2, 0.25) is 0 Å². The maximum atomic E-state index is 12.9. The van der Waals surface area contributed by atoms with Gasteiger partial charge in [0.1, 0.15) is 0 Å². The molecule has 148 valence electrons. The number of carbonyl (C=O) groups excluding carboxylic acids is 1. The van der Waals surface area contributed by atoms with Gasteiger partial charge in [0.05, 0.1) is 16.3 Å². The van der Waals surface area contributed by atoms with E-state index in [4.69, 9.17) is 0 Å². The van der Waals surface area contributed by atoms with Gasteiger partial charge in [-0.05, 0) is 73.9 Å². The van der Waals surface area contributed by atoms with Gasteiger partial charge in [-0.15, -0.1) is 0 Å². The third kappa shape index (κ3) is 3.99. The fourth-order valence-corrected chi connectivity index (χ4v) is 5.01. The topological polar surface area (TPSA) is 78.5 Å². The molecule has 1 fully saturated rings. The zero-order valence-corrected chi connectivity index (χ0v) is 16.6. The van der Waals surface area contributed by atoms with E-state index in [1.807, 2.05) is 6.07 Å². The second-order valence-electron chi connectivity index (χ2n) is 7.41. The summed E-state index contributed by atoms with van der Waals surface area (Å²) < 4.78 is 28.5. The maximum Gasteiger partial charge on any atom is 0.321 e. The zero-order valence-electron chi connectivity index (χ0n) is 15.8. The number of amides is 2. The highest BCUT2D eigenvalue weighted by Gasteiger charge is 2.21. The molecule has 0 unspecified atom stereocenters. The van der Waals surface area contributed by atoms with E-state index in [1.165, 1.54) is 5.56 Å². The molecule has 0 bridgehead atoms. The van der Waals surface area contributed by atoms with Gasteiger partial charge in [-0.3, -0.25) is 4.72 Å². The van der Waals surface area contributed by atoms with Gasteiger partial charge in [0, 0.05) is 13.1 Å². The Morgan fingerprint density at radius 1 is 0.857 bits per heavy atom. The molecular weight excluding hydrogens is 374 g/mol. The predicted octanol–water partition coefficient (Wildman–Crippen LogP) is 3.99. The number of aryl methyl sites for hydroxylation is 2. The van der Waals surface area contributed by atoms with E-state index in [0.717, 1.165) is 57.2 Å². The van der Waals surface area contributed by atoms with Crippen LogP contribution in [0.1, 0.15) is 36.8 Å². The molecule has 2 aromatic rings. The lowest BCUT2D eigenvalue weighted by Crippen LogP contribution is -2.32. The normalized spacial score (nSPS) is 16.5. The summed E-state index contributed by atoms with van der Waals surface area (Å²) in [4.78, 5) is 14.4. The summed E-state index contributed by atoms with van der Waals surface area (Å²) in [5, 5.41) is 2.84. The summed E-state index contributed by atoms with van der Waals surface area (Å²) in [6.07, 6.45) is 6.17. The third-order valence-electron chi connectivity index (χ3n) is 5.44. The number of carbonyl (C=O) groups is 1. The van der Waals surface area contributed by atoms with Crippen LogP contribution in [0.4, 0.5) is 16.2 Å². The molecule has 1 saturated heterocycles. The number of fused-ring (bicyclic) bond motifs is 1. The van der Waals surface area contributed by atoms with Gasteiger partial charge in [-0.2, -0.15) is 0 Å². The lowest BCUT2D eigenvalue weighted by atomic mass is 9.92. The molecule has 0 aromatic heterocycles. The van der Waals surface area contributed by atoms with E-state index in [-0.39, 0.29) is 10.9 Å². The summed E-state index contributed by atoms with van der Waals surface area (Å²) in [7, 11) is -3.74. The Balaban J connectivity index is 1.55. The minimum Gasteiger partial charge on any atom is -0.325 e. The van der Waals surface area contributed by atoms with Crippen molar-refractivity contribution in [2.75, 3.05) is 23.1 Å². The summed E-state index contributed by atoms with van der Waals surface area (Å²) in [6.45, 7) is 1.46. The smallest absolute Gasteiger partial charge is 0.321 e. The number of para-hydroxylation sites is 2. The average molecular weight is 400 g/mol. The van der Waals surface area contributed by atoms with E-state index in [2.05, 4.69) is 10.0 Å². The predicted molar refractivity (Wildman–Crippen MR) is 110 cm³/mol. The molecule has 0 atom stereocenters. The molecule has 1 heterocycles.